The van der Waals surface area contributed by atoms with E-state index in [0.717, 1.165) is 23.5 Å². The maximum absolute atomic E-state index is 11.7. The summed E-state index contributed by atoms with van der Waals surface area (Å²) in [7, 11) is 0. The van der Waals surface area contributed by atoms with Crippen LogP contribution in [0, 0.1) is 5.41 Å². The van der Waals surface area contributed by atoms with Crippen LogP contribution in [0.25, 0.3) is 0 Å². The Morgan fingerprint density at radius 2 is 1.90 bits per heavy atom. The van der Waals surface area contributed by atoms with E-state index in [-0.39, 0.29) is 11.4 Å². The van der Waals surface area contributed by atoms with Gasteiger partial charge in [0.15, 0.2) is 11.5 Å². The number of fused-ring (bicyclic) bond motifs is 1. The molecule has 0 radical (unpaired) electrons. The molecule has 0 fully saturated rings. The minimum atomic E-state index is -0.156. The molecular weight excluding hydrogens is 268 g/mol. The Balaban J connectivity index is 1.86. The zero-order chi connectivity index (χ0) is 15.3. The lowest BCUT2D eigenvalue weighted by Crippen LogP contribution is -2.18. The maximum atomic E-state index is 11.7. The quantitative estimate of drug-likeness (QED) is 0.798. The monoisotopic (exact) mass is 292 g/mol. The summed E-state index contributed by atoms with van der Waals surface area (Å²) < 4.78 is 16.5. The van der Waals surface area contributed by atoms with Crippen LogP contribution in [-0.2, 0) is 16.0 Å². The smallest absolute Gasteiger partial charge is 0.306 e. The molecule has 0 atom stereocenters. The van der Waals surface area contributed by atoms with Crippen LogP contribution < -0.4 is 9.47 Å². The van der Waals surface area contributed by atoms with E-state index in [1.807, 2.05) is 39.0 Å². The van der Waals surface area contributed by atoms with Crippen LogP contribution >= 0.6 is 0 Å². The molecule has 4 heteroatoms. The van der Waals surface area contributed by atoms with Crippen LogP contribution in [-0.4, -0.2) is 25.8 Å². The Morgan fingerprint density at radius 1 is 1.19 bits per heavy atom. The van der Waals surface area contributed by atoms with Gasteiger partial charge < -0.3 is 14.2 Å². The topological polar surface area (TPSA) is 44.8 Å². The van der Waals surface area contributed by atoms with Crippen molar-refractivity contribution in [1.82, 2.24) is 0 Å². The number of esters is 1. The average molecular weight is 292 g/mol. The van der Waals surface area contributed by atoms with Gasteiger partial charge in [0.1, 0.15) is 0 Å². The summed E-state index contributed by atoms with van der Waals surface area (Å²) in [4.78, 5) is 11.7. The van der Waals surface area contributed by atoms with Gasteiger partial charge in [-0.05, 0) is 29.5 Å². The summed E-state index contributed by atoms with van der Waals surface area (Å²) in [5.41, 5.74) is 1.07. The molecule has 0 spiro atoms. The van der Waals surface area contributed by atoms with Gasteiger partial charge in [-0.15, -0.1) is 0 Å². The molecule has 1 aliphatic rings. The molecule has 21 heavy (non-hydrogen) atoms. The highest BCUT2D eigenvalue weighted by Gasteiger charge is 2.15. The van der Waals surface area contributed by atoms with E-state index in [0.29, 0.717) is 32.7 Å². The van der Waals surface area contributed by atoms with E-state index in [1.54, 1.807) is 0 Å². The SMILES string of the molecule is CC(C)(C)COC(=O)CCc1ccc2c(c1)OCCCO2. The molecule has 1 aromatic carbocycles. The third-order valence-electron chi connectivity index (χ3n) is 3.10. The molecule has 0 saturated heterocycles. The van der Waals surface area contributed by atoms with Crippen molar-refractivity contribution in [2.75, 3.05) is 19.8 Å². The van der Waals surface area contributed by atoms with Crippen LogP contribution in [0.15, 0.2) is 18.2 Å². The first-order valence-electron chi connectivity index (χ1n) is 7.48. The van der Waals surface area contributed by atoms with Crippen LogP contribution in [0.2, 0.25) is 0 Å². The van der Waals surface area contributed by atoms with Crippen molar-refractivity contribution in [1.29, 1.82) is 0 Å². The fourth-order valence-electron chi connectivity index (χ4n) is 1.98. The van der Waals surface area contributed by atoms with Crippen LogP contribution in [0.3, 0.4) is 0 Å². The Morgan fingerprint density at radius 3 is 2.62 bits per heavy atom. The molecular formula is C17H24O4. The predicted octanol–water partition coefficient (Wildman–Crippen LogP) is 3.37. The molecule has 0 saturated carbocycles. The van der Waals surface area contributed by atoms with E-state index in [9.17, 15) is 4.79 Å². The number of hydrogen-bond acceptors (Lipinski definition) is 4. The Labute approximate surface area is 126 Å². The normalized spacial score (nSPS) is 14.4. The van der Waals surface area contributed by atoms with Crippen molar-refractivity contribution >= 4 is 5.97 Å². The molecule has 1 aromatic rings. The number of ether oxygens (including phenoxy) is 3. The second-order valence-electron chi connectivity index (χ2n) is 6.55. The summed E-state index contributed by atoms with van der Waals surface area (Å²) in [6, 6.07) is 5.85. The minimum Gasteiger partial charge on any atom is -0.490 e. The molecule has 116 valence electrons. The summed E-state index contributed by atoms with van der Waals surface area (Å²) in [6.07, 6.45) is 1.93. The third kappa shape index (κ3) is 5.29. The van der Waals surface area contributed by atoms with Gasteiger partial charge in [-0.3, -0.25) is 4.79 Å². The average Bonchev–Trinajstić information content (AvgIpc) is 2.66. The van der Waals surface area contributed by atoms with Crippen molar-refractivity contribution in [2.24, 2.45) is 5.41 Å². The molecule has 0 aromatic heterocycles. The number of rotatable bonds is 4. The van der Waals surface area contributed by atoms with Gasteiger partial charge in [0.05, 0.1) is 19.8 Å². The third-order valence-corrected chi connectivity index (χ3v) is 3.10. The number of aryl methyl sites for hydroxylation is 1. The van der Waals surface area contributed by atoms with Gasteiger partial charge in [0.25, 0.3) is 0 Å². The summed E-state index contributed by atoms with van der Waals surface area (Å²) in [5.74, 6) is 1.40. The van der Waals surface area contributed by atoms with E-state index in [4.69, 9.17) is 14.2 Å². The first-order valence-corrected chi connectivity index (χ1v) is 7.48. The first-order chi connectivity index (χ1) is 9.94. The van der Waals surface area contributed by atoms with Crippen LogP contribution in [0.5, 0.6) is 11.5 Å². The van der Waals surface area contributed by atoms with Gasteiger partial charge in [0.2, 0.25) is 0 Å². The highest BCUT2D eigenvalue weighted by molar-refractivity contribution is 5.69. The predicted molar refractivity (Wildman–Crippen MR) is 80.8 cm³/mol. The molecule has 1 aliphatic heterocycles. The highest BCUT2D eigenvalue weighted by atomic mass is 16.5. The Kier molecular flexibility index (Phi) is 5.10. The van der Waals surface area contributed by atoms with Crippen molar-refractivity contribution in [3.05, 3.63) is 23.8 Å². The Hall–Kier alpha value is -1.71. The van der Waals surface area contributed by atoms with E-state index in [2.05, 4.69) is 0 Å². The lowest BCUT2D eigenvalue weighted by molar-refractivity contribution is -0.146. The molecule has 0 amide bonds. The summed E-state index contributed by atoms with van der Waals surface area (Å²) >= 11 is 0. The zero-order valence-electron chi connectivity index (χ0n) is 13.1. The molecule has 0 N–H and O–H groups in total. The largest absolute Gasteiger partial charge is 0.490 e. The number of carbonyl (C=O) groups is 1. The fraction of sp³-hybridized carbons (Fsp3) is 0.588. The van der Waals surface area contributed by atoms with Gasteiger partial charge >= 0.3 is 5.97 Å². The van der Waals surface area contributed by atoms with Crippen LogP contribution in [0.1, 0.15) is 39.2 Å². The number of carbonyl (C=O) groups excluding carboxylic acids is 1. The lowest BCUT2D eigenvalue weighted by Gasteiger charge is -2.17. The lowest BCUT2D eigenvalue weighted by atomic mass is 9.99. The highest BCUT2D eigenvalue weighted by Crippen LogP contribution is 2.30. The molecule has 0 aliphatic carbocycles. The standard InChI is InChI=1S/C17H24O4/c1-17(2,3)12-21-16(18)8-6-13-5-7-14-15(11-13)20-10-4-9-19-14/h5,7,11H,4,6,8-10,12H2,1-3H3. The van der Waals surface area contributed by atoms with Crippen molar-refractivity contribution in [3.63, 3.8) is 0 Å². The Bertz CT molecular complexity index is 488. The molecule has 0 bridgehead atoms. The van der Waals surface area contributed by atoms with E-state index < -0.39 is 0 Å². The molecule has 0 unspecified atom stereocenters. The number of hydrogen-bond donors (Lipinski definition) is 0. The van der Waals surface area contributed by atoms with Crippen LogP contribution in [0.4, 0.5) is 0 Å². The van der Waals surface area contributed by atoms with Crippen molar-refractivity contribution in [3.8, 4) is 11.5 Å². The summed E-state index contributed by atoms with van der Waals surface area (Å²) in [5, 5.41) is 0. The maximum Gasteiger partial charge on any atom is 0.306 e. The van der Waals surface area contributed by atoms with Gasteiger partial charge in [-0.25, -0.2) is 0 Å². The molecule has 4 nitrogen and oxygen atoms in total. The second-order valence-corrected chi connectivity index (χ2v) is 6.55. The van der Waals surface area contributed by atoms with Crippen molar-refractivity contribution in [2.45, 2.75) is 40.0 Å². The van der Waals surface area contributed by atoms with Gasteiger partial charge in [-0.2, -0.15) is 0 Å². The zero-order valence-corrected chi connectivity index (χ0v) is 13.1. The van der Waals surface area contributed by atoms with E-state index >= 15 is 0 Å². The van der Waals surface area contributed by atoms with Crippen molar-refractivity contribution < 1.29 is 19.0 Å². The first kappa shape index (κ1) is 15.7. The number of benzene rings is 1. The van der Waals surface area contributed by atoms with Gasteiger partial charge in [0, 0.05) is 12.8 Å². The summed E-state index contributed by atoms with van der Waals surface area (Å²) in [6.45, 7) is 7.95. The second kappa shape index (κ2) is 6.83. The fourth-order valence-corrected chi connectivity index (χ4v) is 1.98. The van der Waals surface area contributed by atoms with Gasteiger partial charge in [-0.1, -0.05) is 26.8 Å². The molecule has 1 heterocycles. The van der Waals surface area contributed by atoms with E-state index in [1.165, 1.54) is 0 Å². The molecule has 2 rings (SSSR count). The minimum absolute atomic E-state index is 0.00487.